The number of rotatable bonds is 5. The Morgan fingerprint density at radius 3 is 3.00 bits per heavy atom. The summed E-state index contributed by atoms with van der Waals surface area (Å²) in [5.41, 5.74) is 2.31. The van der Waals surface area contributed by atoms with Crippen molar-refractivity contribution < 1.29 is 13.9 Å². The van der Waals surface area contributed by atoms with Gasteiger partial charge in [-0.1, -0.05) is 18.2 Å². The summed E-state index contributed by atoms with van der Waals surface area (Å²) in [6, 6.07) is 17.0. The molecule has 1 N–H and O–H groups in total. The topological polar surface area (TPSA) is 67.1 Å². The number of para-hydroxylation sites is 1. The van der Waals surface area contributed by atoms with Gasteiger partial charge in [0.2, 0.25) is 0 Å². The average molecular weight is 391 g/mol. The number of furan rings is 1. The molecule has 2 aliphatic heterocycles. The highest BCUT2D eigenvalue weighted by Gasteiger charge is 2.29. The lowest BCUT2D eigenvalue weighted by atomic mass is 10.2. The number of benzene rings is 2. The summed E-state index contributed by atoms with van der Waals surface area (Å²) in [5, 5.41) is 4.00. The minimum atomic E-state index is -0.221. The Morgan fingerprint density at radius 2 is 2.11 bits per heavy atom. The number of hydrogen-bond donors (Lipinski definition) is 1. The smallest absolute Gasteiger partial charge is 0.259 e. The number of carbonyl (C=O) groups is 1. The first kappa shape index (κ1) is 16.9. The van der Waals surface area contributed by atoms with Crippen LogP contribution in [0.25, 0.3) is 0 Å². The van der Waals surface area contributed by atoms with Crippen molar-refractivity contribution in [3.63, 3.8) is 0 Å². The molecule has 0 radical (unpaired) electrons. The van der Waals surface area contributed by atoms with Crippen LogP contribution < -0.4 is 15.0 Å². The molecular weight excluding hydrogens is 374 g/mol. The minimum Gasteiger partial charge on any atom is -0.486 e. The van der Waals surface area contributed by atoms with Gasteiger partial charge in [0.25, 0.3) is 5.91 Å². The van der Waals surface area contributed by atoms with Crippen molar-refractivity contribution >= 4 is 34.2 Å². The molecule has 0 saturated carbocycles. The van der Waals surface area contributed by atoms with Crippen LogP contribution in [0.15, 0.2) is 75.2 Å². The quantitative estimate of drug-likeness (QED) is 0.699. The van der Waals surface area contributed by atoms with Crippen LogP contribution in [0.5, 0.6) is 5.75 Å². The van der Waals surface area contributed by atoms with E-state index in [0.29, 0.717) is 11.3 Å². The van der Waals surface area contributed by atoms with E-state index in [4.69, 9.17) is 9.15 Å². The zero-order valence-electron chi connectivity index (χ0n) is 14.9. The van der Waals surface area contributed by atoms with Crippen LogP contribution in [0.2, 0.25) is 0 Å². The Kier molecular flexibility index (Phi) is 4.29. The molecule has 0 spiro atoms. The second-order valence-corrected chi connectivity index (χ2v) is 7.42. The summed E-state index contributed by atoms with van der Waals surface area (Å²) in [6.07, 6.45) is 1.50. The van der Waals surface area contributed by atoms with E-state index < -0.39 is 0 Å². The highest BCUT2D eigenvalue weighted by atomic mass is 32.2. The van der Waals surface area contributed by atoms with Crippen LogP contribution in [0.4, 0.5) is 11.4 Å². The molecule has 2 aromatic carbocycles. The van der Waals surface area contributed by atoms with E-state index in [2.05, 4.69) is 15.2 Å². The molecule has 0 saturated heterocycles. The normalized spacial score (nSPS) is 14.4. The fraction of sp³-hybridized carbons (Fsp3) is 0.143. The first-order valence-corrected chi connectivity index (χ1v) is 9.79. The van der Waals surface area contributed by atoms with Gasteiger partial charge in [0.1, 0.15) is 12.4 Å². The lowest BCUT2D eigenvalue weighted by Gasteiger charge is -2.14. The number of carbonyl (C=O) groups excluding carboxylic acids is 1. The monoisotopic (exact) mass is 391 g/mol. The van der Waals surface area contributed by atoms with Crippen molar-refractivity contribution in [2.75, 3.05) is 23.3 Å². The van der Waals surface area contributed by atoms with Crippen LogP contribution in [-0.2, 0) is 6.61 Å². The van der Waals surface area contributed by atoms with Crippen LogP contribution >= 0.6 is 11.8 Å². The second-order valence-electron chi connectivity index (χ2n) is 6.41. The molecule has 140 valence electrons. The summed E-state index contributed by atoms with van der Waals surface area (Å²) in [4.78, 5) is 20.6. The van der Waals surface area contributed by atoms with Gasteiger partial charge in [-0.15, -0.1) is 0 Å². The maximum atomic E-state index is 12.8. The van der Waals surface area contributed by atoms with E-state index in [1.807, 2.05) is 48.5 Å². The number of nitrogens with one attached hydrogen (secondary N) is 1. The minimum absolute atomic E-state index is 0.189. The Balaban J connectivity index is 1.30. The molecule has 0 unspecified atom stereocenters. The number of amides is 1. The highest BCUT2D eigenvalue weighted by Crippen LogP contribution is 2.43. The number of ether oxygens (including phenoxy) is 1. The summed E-state index contributed by atoms with van der Waals surface area (Å²) in [7, 11) is 0. The molecule has 0 atom stereocenters. The zero-order chi connectivity index (χ0) is 18.9. The number of amidine groups is 1. The number of thioether (sulfide) groups is 1. The molecule has 5 rings (SSSR count). The number of fused-ring (bicyclic) bond motifs is 3. The van der Waals surface area contributed by atoms with Gasteiger partial charge in [-0.05, 0) is 48.2 Å². The lowest BCUT2D eigenvalue weighted by Crippen LogP contribution is -2.21. The van der Waals surface area contributed by atoms with E-state index in [1.165, 1.54) is 6.26 Å². The Hall–Kier alpha value is -3.19. The Labute approximate surface area is 166 Å². The van der Waals surface area contributed by atoms with Gasteiger partial charge in [0, 0.05) is 17.1 Å². The van der Waals surface area contributed by atoms with Gasteiger partial charge >= 0.3 is 0 Å². The van der Waals surface area contributed by atoms with Gasteiger partial charge in [-0.3, -0.25) is 9.79 Å². The van der Waals surface area contributed by atoms with Gasteiger partial charge in [0.15, 0.2) is 10.9 Å². The number of nitrogens with zero attached hydrogens (tertiary/aromatic N) is 2. The fourth-order valence-electron chi connectivity index (χ4n) is 3.25. The van der Waals surface area contributed by atoms with Crippen molar-refractivity contribution in [3.8, 4) is 5.75 Å². The zero-order valence-corrected chi connectivity index (χ0v) is 15.7. The van der Waals surface area contributed by atoms with Crippen LogP contribution in [0.1, 0.15) is 16.1 Å². The molecule has 1 aromatic heterocycles. The number of anilines is 2. The third kappa shape index (κ3) is 3.14. The summed E-state index contributed by atoms with van der Waals surface area (Å²) in [6.45, 7) is 1.89. The molecule has 3 aromatic rings. The molecule has 0 bridgehead atoms. The largest absolute Gasteiger partial charge is 0.486 e. The van der Waals surface area contributed by atoms with E-state index in [0.717, 1.165) is 40.3 Å². The SMILES string of the molecule is O=C(Nc1ccc2c(c1)N1CCN=C1S2)c1ccoc1COc1ccccc1. The van der Waals surface area contributed by atoms with Gasteiger partial charge in [0.05, 0.1) is 24.1 Å². The van der Waals surface area contributed by atoms with Crippen molar-refractivity contribution in [2.45, 2.75) is 11.5 Å². The first-order valence-electron chi connectivity index (χ1n) is 8.97. The Bertz CT molecular complexity index is 1060. The summed E-state index contributed by atoms with van der Waals surface area (Å²) in [5.74, 6) is 0.998. The Morgan fingerprint density at radius 1 is 1.21 bits per heavy atom. The van der Waals surface area contributed by atoms with Crippen molar-refractivity contribution in [1.29, 1.82) is 0 Å². The first-order chi connectivity index (χ1) is 13.8. The average Bonchev–Trinajstić information content (AvgIpc) is 3.43. The summed E-state index contributed by atoms with van der Waals surface area (Å²) < 4.78 is 11.2. The molecule has 6 nitrogen and oxygen atoms in total. The predicted octanol–water partition coefficient (Wildman–Crippen LogP) is 4.39. The van der Waals surface area contributed by atoms with Crippen molar-refractivity contribution in [3.05, 3.63) is 72.2 Å². The fourth-order valence-corrected chi connectivity index (χ4v) is 4.31. The van der Waals surface area contributed by atoms with E-state index >= 15 is 0 Å². The van der Waals surface area contributed by atoms with Gasteiger partial charge in [-0.2, -0.15) is 0 Å². The van der Waals surface area contributed by atoms with Crippen LogP contribution in [0.3, 0.4) is 0 Å². The number of aliphatic imine (C=N–C) groups is 1. The van der Waals surface area contributed by atoms with Crippen LogP contribution in [0, 0.1) is 0 Å². The molecule has 2 aliphatic rings. The third-order valence-electron chi connectivity index (χ3n) is 4.61. The standard InChI is InChI=1S/C21H17N3O3S/c25-20(16-8-11-26-18(16)13-27-15-4-2-1-3-5-15)23-14-6-7-19-17(12-14)24-10-9-22-21(24)28-19/h1-8,11-12H,9-10,13H2,(H,23,25). The maximum absolute atomic E-state index is 12.8. The molecule has 0 fully saturated rings. The molecular formula is C21H17N3O3S. The summed E-state index contributed by atoms with van der Waals surface area (Å²) >= 11 is 1.67. The van der Waals surface area contributed by atoms with Gasteiger partial charge in [-0.25, -0.2) is 0 Å². The van der Waals surface area contributed by atoms with E-state index in [-0.39, 0.29) is 12.5 Å². The van der Waals surface area contributed by atoms with Gasteiger partial charge < -0.3 is 19.4 Å². The molecule has 7 heteroatoms. The third-order valence-corrected chi connectivity index (χ3v) is 5.71. The van der Waals surface area contributed by atoms with E-state index in [9.17, 15) is 4.79 Å². The highest BCUT2D eigenvalue weighted by molar-refractivity contribution is 8.14. The molecule has 0 aliphatic carbocycles. The van der Waals surface area contributed by atoms with Crippen molar-refractivity contribution in [2.24, 2.45) is 4.99 Å². The van der Waals surface area contributed by atoms with Crippen LogP contribution in [-0.4, -0.2) is 24.2 Å². The predicted molar refractivity (Wildman–Crippen MR) is 109 cm³/mol. The van der Waals surface area contributed by atoms with Crippen molar-refractivity contribution in [1.82, 2.24) is 0 Å². The van der Waals surface area contributed by atoms with E-state index in [1.54, 1.807) is 17.8 Å². The lowest BCUT2D eigenvalue weighted by molar-refractivity contribution is 0.102. The molecule has 28 heavy (non-hydrogen) atoms. The number of hydrogen-bond acceptors (Lipinski definition) is 6. The second kappa shape index (κ2) is 7.09. The maximum Gasteiger partial charge on any atom is 0.259 e. The molecule has 1 amide bonds. The molecule has 3 heterocycles.